The van der Waals surface area contributed by atoms with Gasteiger partial charge in [0.15, 0.2) is 10.1 Å². The van der Waals surface area contributed by atoms with Crippen LogP contribution in [-0.2, 0) is 16.0 Å². The summed E-state index contributed by atoms with van der Waals surface area (Å²) in [6, 6.07) is 5.66. The molecule has 0 aliphatic rings. The number of aromatic amines is 1. The molecule has 134 valence electrons. The number of rotatable bonds is 5. The zero-order chi connectivity index (χ0) is 18.6. The first-order valence-electron chi connectivity index (χ1n) is 7.78. The Hall–Kier alpha value is -2.19. The third-order valence-electron chi connectivity index (χ3n) is 3.80. The van der Waals surface area contributed by atoms with Crippen LogP contribution in [0.3, 0.4) is 0 Å². The highest BCUT2D eigenvalue weighted by Crippen LogP contribution is 2.21. The molecule has 0 fully saturated rings. The monoisotopic (exact) mass is 379 g/mol. The van der Waals surface area contributed by atoms with Crippen LogP contribution in [0, 0.1) is 24.7 Å². The Labute approximate surface area is 155 Å². The lowest BCUT2D eigenvalue weighted by atomic mass is 10.1. The number of thiazole rings is 1. The maximum atomic E-state index is 12.1. The van der Waals surface area contributed by atoms with E-state index >= 15 is 0 Å². The SMILES string of the molecule is Cc1cccc(O[C@H](C)C(=O)NNC(=O)Cc2sc(=S)[nH]c2C)c1C. The molecule has 1 aromatic heterocycles. The summed E-state index contributed by atoms with van der Waals surface area (Å²) >= 11 is 6.39. The molecule has 2 aromatic rings. The van der Waals surface area contributed by atoms with E-state index in [1.54, 1.807) is 6.92 Å². The van der Waals surface area contributed by atoms with Crippen molar-refractivity contribution in [3.05, 3.63) is 43.9 Å². The Morgan fingerprint density at radius 1 is 1.28 bits per heavy atom. The van der Waals surface area contributed by atoms with E-state index in [1.807, 2.05) is 39.0 Å². The highest BCUT2D eigenvalue weighted by atomic mass is 32.1. The highest BCUT2D eigenvalue weighted by molar-refractivity contribution is 7.73. The van der Waals surface area contributed by atoms with Gasteiger partial charge in [0.05, 0.1) is 6.42 Å². The van der Waals surface area contributed by atoms with E-state index in [0.29, 0.717) is 9.70 Å². The van der Waals surface area contributed by atoms with E-state index in [9.17, 15) is 9.59 Å². The third kappa shape index (κ3) is 5.14. The minimum atomic E-state index is -0.739. The fourth-order valence-electron chi connectivity index (χ4n) is 2.12. The molecule has 0 bridgehead atoms. The topological polar surface area (TPSA) is 83.2 Å². The predicted molar refractivity (Wildman–Crippen MR) is 100 cm³/mol. The molecule has 2 rings (SSSR count). The maximum absolute atomic E-state index is 12.1. The van der Waals surface area contributed by atoms with Gasteiger partial charge in [-0.1, -0.05) is 12.1 Å². The largest absolute Gasteiger partial charge is 0.481 e. The summed E-state index contributed by atoms with van der Waals surface area (Å²) < 4.78 is 6.31. The maximum Gasteiger partial charge on any atom is 0.279 e. The molecule has 1 aromatic carbocycles. The lowest BCUT2D eigenvalue weighted by Gasteiger charge is -2.17. The van der Waals surface area contributed by atoms with Crippen LogP contribution in [0.4, 0.5) is 0 Å². The van der Waals surface area contributed by atoms with Crippen LogP contribution < -0.4 is 15.6 Å². The summed E-state index contributed by atoms with van der Waals surface area (Å²) in [6.07, 6.45) is -0.590. The van der Waals surface area contributed by atoms with Crippen molar-refractivity contribution >= 4 is 35.4 Å². The number of hydrogen-bond donors (Lipinski definition) is 3. The van der Waals surface area contributed by atoms with Crippen LogP contribution >= 0.6 is 23.6 Å². The van der Waals surface area contributed by atoms with Crippen molar-refractivity contribution in [1.82, 2.24) is 15.8 Å². The van der Waals surface area contributed by atoms with Crippen molar-refractivity contribution in [2.75, 3.05) is 0 Å². The molecule has 0 radical (unpaired) electrons. The van der Waals surface area contributed by atoms with Crippen LogP contribution in [-0.4, -0.2) is 22.9 Å². The van der Waals surface area contributed by atoms with Gasteiger partial charge in [-0.3, -0.25) is 20.4 Å². The number of carbonyl (C=O) groups excluding carboxylic acids is 2. The average molecular weight is 380 g/mol. The van der Waals surface area contributed by atoms with Crippen molar-refractivity contribution in [2.45, 2.75) is 40.2 Å². The van der Waals surface area contributed by atoms with Crippen LogP contribution in [0.5, 0.6) is 5.75 Å². The fraction of sp³-hybridized carbons (Fsp3) is 0.353. The third-order valence-corrected chi connectivity index (χ3v) is 5.13. The van der Waals surface area contributed by atoms with Crippen LogP contribution in [0.15, 0.2) is 18.2 Å². The molecule has 3 N–H and O–H groups in total. The molecule has 1 heterocycles. The Morgan fingerprint density at radius 2 is 2.00 bits per heavy atom. The van der Waals surface area contributed by atoms with Crippen LogP contribution in [0.25, 0.3) is 0 Å². The number of hydrazine groups is 1. The summed E-state index contributed by atoms with van der Waals surface area (Å²) in [5, 5.41) is 0. The zero-order valence-electron chi connectivity index (χ0n) is 14.6. The summed E-state index contributed by atoms with van der Waals surface area (Å²) in [6.45, 7) is 7.40. The fourth-order valence-corrected chi connectivity index (χ4v) is 3.41. The molecular weight excluding hydrogens is 358 g/mol. The average Bonchev–Trinajstić information content (AvgIpc) is 2.86. The normalized spacial score (nSPS) is 11.7. The van der Waals surface area contributed by atoms with E-state index in [4.69, 9.17) is 17.0 Å². The molecule has 1 atom stereocenters. The van der Waals surface area contributed by atoms with Gasteiger partial charge in [0, 0.05) is 10.6 Å². The second-order valence-corrected chi connectivity index (χ2v) is 7.51. The summed E-state index contributed by atoms with van der Waals surface area (Å²) in [5.74, 6) is -0.0926. The van der Waals surface area contributed by atoms with Crippen LogP contribution in [0.2, 0.25) is 0 Å². The van der Waals surface area contributed by atoms with E-state index in [-0.39, 0.29) is 12.3 Å². The van der Waals surface area contributed by atoms with Gasteiger partial charge >= 0.3 is 0 Å². The number of carbonyl (C=O) groups is 2. The number of aryl methyl sites for hydroxylation is 2. The molecule has 25 heavy (non-hydrogen) atoms. The second kappa shape index (κ2) is 8.26. The molecule has 8 heteroatoms. The molecular formula is C17H21N3O3S2. The Kier molecular flexibility index (Phi) is 6.33. The number of aromatic nitrogens is 1. The van der Waals surface area contributed by atoms with Crippen molar-refractivity contribution in [2.24, 2.45) is 0 Å². The summed E-state index contributed by atoms with van der Waals surface area (Å²) in [4.78, 5) is 27.9. The van der Waals surface area contributed by atoms with E-state index in [0.717, 1.165) is 21.7 Å². The van der Waals surface area contributed by atoms with Gasteiger partial charge in [0.2, 0.25) is 5.91 Å². The second-order valence-electron chi connectivity index (χ2n) is 5.74. The smallest absolute Gasteiger partial charge is 0.279 e. The predicted octanol–water partition coefficient (Wildman–Crippen LogP) is 2.89. The molecule has 0 unspecified atom stereocenters. The molecule has 0 aliphatic carbocycles. The van der Waals surface area contributed by atoms with Gasteiger partial charge < -0.3 is 9.72 Å². The summed E-state index contributed by atoms with van der Waals surface area (Å²) in [7, 11) is 0. The first-order valence-corrected chi connectivity index (χ1v) is 9.00. The molecule has 0 aliphatic heterocycles. The Morgan fingerprint density at radius 3 is 2.64 bits per heavy atom. The lowest BCUT2D eigenvalue weighted by Crippen LogP contribution is -2.47. The number of nitrogens with one attached hydrogen (secondary N) is 3. The number of hydrogen-bond acceptors (Lipinski definition) is 5. The number of ether oxygens (including phenoxy) is 1. The van der Waals surface area contributed by atoms with Crippen LogP contribution in [0.1, 0.15) is 28.6 Å². The number of benzene rings is 1. The van der Waals surface area contributed by atoms with Gasteiger partial charge in [-0.15, -0.1) is 11.3 Å². The van der Waals surface area contributed by atoms with Crippen molar-refractivity contribution in [3.8, 4) is 5.75 Å². The molecule has 6 nitrogen and oxygen atoms in total. The highest BCUT2D eigenvalue weighted by Gasteiger charge is 2.17. The van der Waals surface area contributed by atoms with Gasteiger partial charge in [-0.2, -0.15) is 0 Å². The minimum Gasteiger partial charge on any atom is -0.481 e. The van der Waals surface area contributed by atoms with Crippen molar-refractivity contribution in [3.63, 3.8) is 0 Å². The zero-order valence-corrected chi connectivity index (χ0v) is 16.2. The molecule has 2 amide bonds. The first kappa shape index (κ1) is 19.1. The minimum absolute atomic E-state index is 0.149. The van der Waals surface area contributed by atoms with Gasteiger partial charge in [-0.05, 0) is 57.1 Å². The van der Waals surface area contributed by atoms with Gasteiger partial charge in [0.1, 0.15) is 5.75 Å². The van der Waals surface area contributed by atoms with Crippen molar-refractivity contribution < 1.29 is 14.3 Å². The Balaban J connectivity index is 1.86. The van der Waals surface area contributed by atoms with Gasteiger partial charge in [-0.25, -0.2) is 0 Å². The quantitative estimate of drug-likeness (QED) is 0.551. The molecule has 0 saturated heterocycles. The van der Waals surface area contributed by atoms with E-state index in [2.05, 4.69) is 15.8 Å². The van der Waals surface area contributed by atoms with Crippen molar-refractivity contribution in [1.29, 1.82) is 0 Å². The van der Waals surface area contributed by atoms with E-state index in [1.165, 1.54) is 11.3 Å². The van der Waals surface area contributed by atoms with E-state index < -0.39 is 12.0 Å². The Bertz CT molecular complexity index is 842. The lowest BCUT2D eigenvalue weighted by molar-refractivity contribution is -0.132. The number of amides is 2. The number of H-pyrrole nitrogens is 1. The van der Waals surface area contributed by atoms with Gasteiger partial charge in [0.25, 0.3) is 5.91 Å². The molecule has 0 saturated carbocycles. The standard InChI is InChI=1S/C17H21N3O3S2/c1-9-6-5-7-13(10(9)2)23-12(4)16(22)20-19-15(21)8-14-11(3)18-17(24)25-14/h5-7,12H,8H2,1-4H3,(H,18,24)(H,19,21)(H,20,22)/t12-/m1/s1. The molecule has 0 spiro atoms. The first-order chi connectivity index (χ1) is 11.8. The summed E-state index contributed by atoms with van der Waals surface area (Å²) in [5.41, 5.74) is 7.72.